The normalized spacial score (nSPS) is 20.9. The highest BCUT2D eigenvalue weighted by Gasteiger charge is 2.35. The number of piperidine rings is 1. The predicted molar refractivity (Wildman–Crippen MR) is 90.2 cm³/mol. The molecular formula is C16H23N3O3S. The van der Waals surface area contributed by atoms with Gasteiger partial charge >= 0.3 is 0 Å². The van der Waals surface area contributed by atoms with Crippen molar-refractivity contribution in [3.63, 3.8) is 0 Å². The fourth-order valence-corrected chi connectivity index (χ4v) is 4.93. The average molecular weight is 337 g/mol. The molecule has 0 radical (unpaired) electrons. The second-order valence-electron chi connectivity index (χ2n) is 5.96. The summed E-state index contributed by atoms with van der Waals surface area (Å²) < 4.78 is 26.7. The number of amides is 1. The quantitative estimate of drug-likeness (QED) is 0.913. The molecule has 0 bridgehead atoms. The van der Waals surface area contributed by atoms with Crippen molar-refractivity contribution >= 4 is 27.3 Å². The van der Waals surface area contributed by atoms with Crippen LogP contribution < -0.4 is 10.2 Å². The van der Waals surface area contributed by atoms with Gasteiger partial charge in [-0.1, -0.05) is 13.8 Å². The van der Waals surface area contributed by atoms with E-state index >= 15 is 0 Å². The van der Waals surface area contributed by atoms with Crippen molar-refractivity contribution in [2.24, 2.45) is 0 Å². The van der Waals surface area contributed by atoms with Crippen LogP contribution in [0.2, 0.25) is 0 Å². The van der Waals surface area contributed by atoms with Crippen LogP contribution in [0.5, 0.6) is 0 Å². The smallest absolute Gasteiger partial charge is 0.247 e. The highest BCUT2D eigenvalue weighted by atomic mass is 32.2. The standard InChI is InChI=1S/C16H23N3O3S/c1-3-18(4-2)23(21,22)12-8-9-14-13(11-12)17-16(20)15-7-5-6-10-19(14)15/h8-9,11,15H,3-7,10H2,1-2H3,(H,17,20)/t15-/m0/s1. The van der Waals surface area contributed by atoms with Crippen LogP contribution in [-0.4, -0.2) is 44.3 Å². The van der Waals surface area contributed by atoms with Crippen molar-refractivity contribution in [2.45, 2.75) is 44.0 Å². The van der Waals surface area contributed by atoms with Gasteiger partial charge in [-0.25, -0.2) is 8.42 Å². The zero-order chi connectivity index (χ0) is 16.6. The molecule has 7 heteroatoms. The molecule has 6 nitrogen and oxygen atoms in total. The Balaban J connectivity index is 2.00. The first-order chi connectivity index (χ1) is 11.0. The molecule has 2 aliphatic heterocycles. The van der Waals surface area contributed by atoms with Gasteiger partial charge in [-0.3, -0.25) is 4.79 Å². The van der Waals surface area contributed by atoms with Crippen LogP contribution in [0.4, 0.5) is 11.4 Å². The molecule has 0 saturated carbocycles. The van der Waals surface area contributed by atoms with Gasteiger partial charge in [-0.05, 0) is 37.5 Å². The van der Waals surface area contributed by atoms with Gasteiger partial charge in [0.1, 0.15) is 6.04 Å². The molecular weight excluding hydrogens is 314 g/mol. The van der Waals surface area contributed by atoms with E-state index in [1.54, 1.807) is 12.1 Å². The Kier molecular flexibility index (Phi) is 4.33. The molecule has 126 valence electrons. The molecule has 1 saturated heterocycles. The van der Waals surface area contributed by atoms with Crippen LogP contribution in [0, 0.1) is 0 Å². The first-order valence-electron chi connectivity index (χ1n) is 8.20. The van der Waals surface area contributed by atoms with Gasteiger partial charge in [0.05, 0.1) is 16.3 Å². The molecule has 23 heavy (non-hydrogen) atoms. The van der Waals surface area contributed by atoms with Crippen LogP contribution in [0.3, 0.4) is 0 Å². The lowest BCUT2D eigenvalue weighted by Crippen LogP contribution is -2.50. The molecule has 1 amide bonds. The van der Waals surface area contributed by atoms with Crippen molar-refractivity contribution in [3.05, 3.63) is 18.2 Å². The van der Waals surface area contributed by atoms with Crippen LogP contribution in [0.15, 0.2) is 23.1 Å². The van der Waals surface area contributed by atoms with Crippen LogP contribution in [0.25, 0.3) is 0 Å². The minimum absolute atomic E-state index is 0.0328. The summed E-state index contributed by atoms with van der Waals surface area (Å²) in [6.45, 7) is 5.33. The zero-order valence-electron chi connectivity index (χ0n) is 13.6. The van der Waals surface area contributed by atoms with Crippen molar-refractivity contribution in [1.82, 2.24) is 4.31 Å². The fourth-order valence-electron chi connectivity index (χ4n) is 3.45. The van der Waals surface area contributed by atoms with E-state index in [2.05, 4.69) is 10.2 Å². The van der Waals surface area contributed by atoms with Gasteiger partial charge in [-0.2, -0.15) is 4.31 Å². The Labute approximate surface area is 137 Å². The number of sulfonamides is 1. The molecule has 1 fully saturated rings. The number of nitrogens with one attached hydrogen (secondary N) is 1. The summed E-state index contributed by atoms with van der Waals surface area (Å²) in [7, 11) is -3.52. The molecule has 0 aromatic heterocycles. The Morgan fingerprint density at radius 3 is 2.70 bits per heavy atom. The molecule has 3 rings (SSSR count). The van der Waals surface area contributed by atoms with E-state index in [1.165, 1.54) is 4.31 Å². The van der Waals surface area contributed by atoms with Crippen LogP contribution in [-0.2, 0) is 14.8 Å². The maximum atomic E-state index is 12.6. The van der Waals surface area contributed by atoms with Gasteiger partial charge in [0.2, 0.25) is 15.9 Å². The second kappa shape index (κ2) is 6.13. The average Bonchev–Trinajstić information content (AvgIpc) is 2.55. The summed E-state index contributed by atoms with van der Waals surface area (Å²) in [5.74, 6) is -0.0328. The van der Waals surface area contributed by atoms with E-state index in [4.69, 9.17) is 0 Å². The Hall–Kier alpha value is -1.60. The van der Waals surface area contributed by atoms with E-state index in [9.17, 15) is 13.2 Å². The van der Waals surface area contributed by atoms with Gasteiger partial charge < -0.3 is 10.2 Å². The molecule has 0 spiro atoms. The van der Waals surface area contributed by atoms with Gasteiger partial charge in [0.25, 0.3) is 0 Å². The number of fused-ring (bicyclic) bond motifs is 3. The molecule has 0 unspecified atom stereocenters. The van der Waals surface area contributed by atoms with Gasteiger partial charge in [-0.15, -0.1) is 0 Å². The number of hydrogen-bond donors (Lipinski definition) is 1. The van der Waals surface area contributed by atoms with E-state index in [0.29, 0.717) is 18.8 Å². The SMILES string of the molecule is CCN(CC)S(=O)(=O)c1ccc2c(c1)NC(=O)[C@@H]1CCCCN21. The summed E-state index contributed by atoms with van der Waals surface area (Å²) in [5, 5.41) is 2.88. The summed E-state index contributed by atoms with van der Waals surface area (Å²) in [6.07, 6.45) is 2.96. The maximum absolute atomic E-state index is 12.6. The largest absolute Gasteiger partial charge is 0.358 e. The lowest BCUT2D eigenvalue weighted by molar-refractivity contribution is -0.118. The number of anilines is 2. The summed E-state index contributed by atoms with van der Waals surface area (Å²) >= 11 is 0. The minimum atomic E-state index is -3.52. The molecule has 2 heterocycles. The Morgan fingerprint density at radius 1 is 1.26 bits per heavy atom. The molecule has 0 aliphatic carbocycles. The monoisotopic (exact) mass is 337 g/mol. The van der Waals surface area contributed by atoms with Crippen molar-refractivity contribution in [2.75, 3.05) is 29.9 Å². The lowest BCUT2D eigenvalue weighted by Gasteiger charge is -2.41. The van der Waals surface area contributed by atoms with Crippen LogP contribution in [0.1, 0.15) is 33.1 Å². The van der Waals surface area contributed by atoms with Crippen molar-refractivity contribution in [3.8, 4) is 0 Å². The zero-order valence-corrected chi connectivity index (χ0v) is 14.4. The van der Waals surface area contributed by atoms with E-state index in [-0.39, 0.29) is 16.8 Å². The number of benzene rings is 1. The van der Waals surface area contributed by atoms with Gasteiger partial charge in [0, 0.05) is 19.6 Å². The lowest BCUT2D eigenvalue weighted by atomic mass is 9.97. The summed E-state index contributed by atoms with van der Waals surface area (Å²) in [4.78, 5) is 14.6. The summed E-state index contributed by atoms with van der Waals surface area (Å²) in [5.41, 5.74) is 1.52. The second-order valence-corrected chi connectivity index (χ2v) is 7.90. The van der Waals surface area contributed by atoms with E-state index in [0.717, 1.165) is 31.5 Å². The Morgan fingerprint density at radius 2 is 2.00 bits per heavy atom. The topological polar surface area (TPSA) is 69.7 Å². The highest BCUT2D eigenvalue weighted by molar-refractivity contribution is 7.89. The first kappa shape index (κ1) is 16.3. The van der Waals surface area contributed by atoms with Gasteiger partial charge in [0.15, 0.2) is 0 Å². The maximum Gasteiger partial charge on any atom is 0.247 e. The predicted octanol–water partition coefficient (Wildman–Crippen LogP) is 2.03. The number of carbonyl (C=O) groups is 1. The molecule has 2 aliphatic rings. The first-order valence-corrected chi connectivity index (χ1v) is 9.64. The number of carbonyl (C=O) groups excluding carboxylic acids is 1. The summed E-state index contributed by atoms with van der Waals surface area (Å²) in [6, 6.07) is 4.94. The highest BCUT2D eigenvalue weighted by Crippen LogP contribution is 2.37. The van der Waals surface area contributed by atoms with Crippen molar-refractivity contribution in [1.29, 1.82) is 0 Å². The molecule has 1 atom stereocenters. The number of nitrogens with zero attached hydrogens (tertiary/aromatic N) is 2. The molecule has 1 N–H and O–H groups in total. The number of hydrogen-bond acceptors (Lipinski definition) is 4. The molecule has 1 aromatic carbocycles. The third kappa shape index (κ3) is 2.72. The third-order valence-electron chi connectivity index (χ3n) is 4.68. The van der Waals surface area contributed by atoms with E-state index in [1.807, 2.05) is 19.9 Å². The fraction of sp³-hybridized carbons (Fsp3) is 0.562. The molecule has 1 aromatic rings. The minimum Gasteiger partial charge on any atom is -0.358 e. The van der Waals surface area contributed by atoms with Crippen molar-refractivity contribution < 1.29 is 13.2 Å². The number of rotatable bonds is 4. The van der Waals surface area contributed by atoms with E-state index < -0.39 is 10.0 Å². The van der Waals surface area contributed by atoms with Crippen LogP contribution >= 0.6 is 0 Å². The Bertz CT molecular complexity index is 713. The third-order valence-corrected chi connectivity index (χ3v) is 6.73.